The van der Waals surface area contributed by atoms with E-state index >= 15 is 0 Å². The summed E-state index contributed by atoms with van der Waals surface area (Å²) < 4.78 is 10.8. The molecule has 0 spiro atoms. The van der Waals surface area contributed by atoms with Crippen LogP contribution >= 0.6 is 11.3 Å². The van der Waals surface area contributed by atoms with Gasteiger partial charge in [-0.3, -0.25) is 4.79 Å². The number of aromatic nitrogens is 1. The highest BCUT2D eigenvalue weighted by Gasteiger charge is 2.13. The highest BCUT2D eigenvalue weighted by Crippen LogP contribution is 2.27. The number of carbonyl (C=O) groups excluding carboxylic acids is 1. The highest BCUT2D eigenvalue weighted by molar-refractivity contribution is 7.13. The molecule has 4 aromatic rings. The molecule has 0 aliphatic heterocycles. The maximum atomic E-state index is 12.2. The molecule has 2 aromatic carbocycles. The first kappa shape index (κ1) is 14.7. The Balaban J connectivity index is 1.50. The van der Waals surface area contributed by atoms with E-state index in [0.29, 0.717) is 17.2 Å². The van der Waals surface area contributed by atoms with Crippen LogP contribution in [0.5, 0.6) is 5.75 Å². The van der Waals surface area contributed by atoms with E-state index in [1.165, 1.54) is 11.3 Å². The lowest BCUT2D eigenvalue weighted by molar-refractivity contribution is -0.133. The highest BCUT2D eigenvalue weighted by atomic mass is 32.1. The summed E-state index contributed by atoms with van der Waals surface area (Å²) in [6.45, 7) is 0. The smallest absolute Gasteiger partial charge is 0.317 e. The van der Waals surface area contributed by atoms with Crippen LogP contribution in [0.2, 0.25) is 0 Å². The third-order valence-electron chi connectivity index (χ3n) is 3.58. The van der Waals surface area contributed by atoms with Gasteiger partial charge < -0.3 is 9.15 Å². The maximum Gasteiger partial charge on any atom is 0.317 e. The minimum atomic E-state index is -0.331. The molecule has 0 fully saturated rings. The Morgan fingerprint density at radius 2 is 1.96 bits per heavy atom. The molecular weight excluding hydrogens is 322 g/mol. The second kappa shape index (κ2) is 6.29. The van der Waals surface area contributed by atoms with E-state index < -0.39 is 0 Å². The van der Waals surface area contributed by atoms with Crippen LogP contribution in [0.15, 0.2) is 70.7 Å². The summed E-state index contributed by atoms with van der Waals surface area (Å²) in [5.41, 5.74) is 0.677. The standard InChI is InChI=1S/C19H13NO3S/c21-18(11-14-12-24-19(20-14)17-9-4-10-22-17)23-16-8-3-6-13-5-1-2-7-15(13)16/h1-10,12H,11H2. The van der Waals surface area contributed by atoms with Crippen LogP contribution in [0, 0.1) is 0 Å². The van der Waals surface area contributed by atoms with Gasteiger partial charge in [0.25, 0.3) is 0 Å². The van der Waals surface area contributed by atoms with Gasteiger partial charge >= 0.3 is 5.97 Å². The first-order valence-electron chi connectivity index (χ1n) is 7.46. The van der Waals surface area contributed by atoms with E-state index in [1.807, 2.05) is 53.9 Å². The lowest BCUT2D eigenvalue weighted by Gasteiger charge is -2.06. The van der Waals surface area contributed by atoms with E-state index in [1.54, 1.807) is 12.3 Å². The zero-order valence-corrected chi connectivity index (χ0v) is 13.5. The van der Waals surface area contributed by atoms with Gasteiger partial charge in [-0.25, -0.2) is 4.98 Å². The Labute approximate surface area is 142 Å². The molecule has 2 aromatic heterocycles. The summed E-state index contributed by atoms with van der Waals surface area (Å²) in [5.74, 6) is 0.941. The molecule has 4 nitrogen and oxygen atoms in total. The van der Waals surface area contributed by atoms with Gasteiger partial charge in [-0.1, -0.05) is 36.4 Å². The number of ether oxygens (including phenoxy) is 1. The number of rotatable bonds is 4. The minimum absolute atomic E-state index is 0.125. The molecule has 0 amide bonds. The zero-order valence-electron chi connectivity index (χ0n) is 12.6. The first-order chi connectivity index (χ1) is 11.8. The molecule has 0 aliphatic rings. The Morgan fingerprint density at radius 1 is 1.08 bits per heavy atom. The lowest BCUT2D eigenvalue weighted by atomic mass is 10.1. The number of furan rings is 1. The molecule has 0 N–H and O–H groups in total. The average molecular weight is 335 g/mol. The predicted molar refractivity (Wildman–Crippen MR) is 93.1 cm³/mol. The SMILES string of the molecule is O=C(Cc1csc(-c2ccco2)n1)Oc1cccc2ccccc12. The van der Waals surface area contributed by atoms with Gasteiger partial charge in [0.15, 0.2) is 10.8 Å². The van der Waals surface area contributed by atoms with Crippen LogP contribution in [0.4, 0.5) is 0 Å². The number of fused-ring (bicyclic) bond motifs is 1. The van der Waals surface area contributed by atoms with Crippen molar-refractivity contribution in [3.63, 3.8) is 0 Å². The normalized spacial score (nSPS) is 10.8. The van der Waals surface area contributed by atoms with Gasteiger partial charge in [-0.05, 0) is 23.6 Å². The molecule has 0 saturated heterocycles. The van der Waals surface area contributed by atoms with Crippen molar-refractivity contribution in [3.05, 3.63) is 71.9 Å². The number of carbonyl (C=O) groups is 1. The van der Waals surface area contributed by atoms with Crippen molar-refractivity contribution in [3.8, 4) is 16.5 Å². The van der Waals surface area contributed by atoms with Gasteiger partial charge in [0, 0.05) is 10.8 Å². The van der Waals surface area contributed by atoms with Gasteiger partial charge in [0.2, 0.25) is 0 Å². The fraction of sp³-hybridized carbons (Fsp3) is 0.0526. The van der Waals surface area contributed by atoms with Gasteiger partial charge in [0.05, 0.1) is 18.4 Å². The van der Waals surface area contributed by atoms with E-state index in [2.05, 4.69) is 4.98 Å². The third kappa shape index (κ3) is 2.94. The Kier molecular flexibility index (Phi) is 3.84. The molecule has 2 heterocycles. The van der Waals surface area contributed by atoms with Gasteiger partial charge in [-0.2, -0.15) is 0 Å². The van der Waals surface area contributed by atoms with E-state index in [9.17, 15) is 4.79 Å². The molecule has 118 valence electrons. The topological polar surface area (TPSA) is 52.3 Å². The van der Waals surface area contributed by atoms with Crippen LogP contribution in [-0.4, -0.2) is 11.0 Å². The molecular formula is C19H13NO3S. The predicted octanol–water partition coefficient (Wildman–Crippen LogP) is 4.70. The maximum absolute atomic E-state index is 12.2. The summed E-state index contributed by atoms with van der Waals surface area (Å²) in [4.78, 5) is 16.7. The largest absolute Gasteiger partial charge is 0.462 e. The van der Waals surface area contributed by atoms with Crippen LogP contribution in [0.3, 0.4) is 0 Å². The van der Waals surface area contributed by atoms with E-state index in [4.69, 9.17) is 9.15 Å². The number of thiazole rings is 1. The van der Waals surface area contributed by atoms with Crippen molar-refractivity contribution in [2.75, 3.05) is 0 Å². The summed E-state index contributed by atoms with van der Waals surface area (Å²) in [6.07, 6.45) is 1.73. The summed E-state index contributed by atoms with van der Waals surface area (Å²) >= 11 is 1.45. The molecule has 0 atom stereocenters. The molecule has 0 saturated carbocycles. The molecule has 0 bridgehead atoms. The number of hydrogen-bond donors (Lipinski definition) is 0. The third-order valence-corrected chi connectivity index (χ3v) is 4.49. The second-order valence-corrected chi connectivity index (χ2v) is 6.11. The average Bonchev–Trinajstić information content (AvgIpc) is 3.26. The number of nitrogens with zero attached hydrogens (tertiary/aromatic N) is 1. The molecule has 0 aliphatic carbocycles. The van der Waals surface area contributed by atoms with Crippen molar-refractivity contribution in [2.24, 2.45) is 0 Å². The number of hydrogen-bond acceptors (Lipinski definition) is 5. The van der Waals surface area contributed by atoms with Crippen LogP contribution < -0.4 is 4.74 Å². The second-order valence-electron chi connectivity index (χ2n) is 5.25. The Morgan fingerprint density at radius 3 is 2.83 bits per heavy atom. The van der Waals surface area contributed by atoms with E-state index in [0.717, 1.165) is 15.8 Å². The van der Waals surface area contributed by atoms with E-state index in [-0.39, 0.29) is 12.4 Å². The van der Waals surface area contributed by atoms with Gasteiger partial charge in [0.1, 0.15) is 5.75 Å². The summed E-state index contributed by atoms with van der Waals surface area (Å²) in [6, 6.07) is 17.1. The van der Waals surface area contributed by atoms with Gasteiger partial charge in [-0.15, -0.1) is 11.3 Å². The van der Waals surface area contributed by atoms with Crippen molar-refractivity contribution < 1.29 is 13.9 Å². The van der Waals surface area contributed by atoms with Crippen molar-refractivity contribution in [1.29, 1.82) is 0 Å². The van der Waals surface area contributed by atoms with Crippen LogP contribution in [-0.2, 0) is 11.2 Å². The van der Waals surface area contributed by atoms with Crippen molar-refractivity contribution in [2.45, 2.75) is 6.42 Å². The molecule has 5 heteroatoms. The summed E-state index contributed by atoms with van der Waals surface area (Å²) in [5, 5.41) is 4.56. The minimum Gasteiger partial charge on any atom is -0.462 e. The van der Waals surface area contributed by atoms with Crippen molar-refractivity contribution in [1.82, 2.24) is 4.98 Å². The molecule has 24 heavy (non-hydrogen) atoms. The zero-order chi connectivity index (χ0) is 16.4. The Hall–Kier alpha value is -2.92. The fourth-order valence-electron chi connectivity index (χ4n) is 2.49. The Bertz CT molecular complexity index is 983. The van der Waals surface area contributed by atoms with Crippen molar-refractivity contribution >= 4 is 28.1 Å². The quantitative estimate of drug-likeness (QED) is 0.400. The lowest BCUT2D eigenvalue weighted by Crippen LogP contribution is -2.11. The number of esters is 1. The van der Waals surface area contributed by atoms with Crippen LogP contribution in [0.25, 0.3) is 21.5 Å². The number of benzene rings is 2. The molecule has 4 rings (SSSR count). The fourth-order valence-corrected chi connectivity index (χ4v) is 3.28. The van der Waals surface area contributed by atoms with Crippen LogP contribution in [0.1, 0.15) is 5.69 Å². The molecule has 0 unspecified atom stereocenters. The monoisotopic (exact) mass is 335 g/mol. The summed E-state index contributed by atoms with van der Waals surface area (Å²) in [7, 11) is 0. The molecule has 0 radical (unpaired) electrons. The first-order valence-corrected chi connectivity index (χ1v) is 8.34.